The van der Waals surface area contributed by atoms with Crippen LogP contribution in [0.3, 0.4) is 0 Å². The van der Waals surface area contributed by atoms with Gasteiger partial charge in [0.05, 0.1) is 13.7 Å². The molecule has 0 saturated heterocycles. The highest BCUT2D eigenvalue weighted by Crippen LogP contribution is 2.18. The molecule has 1 aromatic rings. The van der Waals surface area contributed by atoms with Gasteiger partial charge in [-0.1, -0.05) is 12.1 Å². The summed E-state index contributed by atoms with van der Waals surface area (Å²) in [6, 6.07) is 7.39. The summed E-state index contributed by atoms with van der Waals surface area (Å²) in [6.45, 7) is 5.68. The molecule has 0 heterocycles. The molecule has 0 aliphatic heterocycles. The van der Waals surface area contributed by atoms with Crippen molar-refractivity contribution in [3.8, 4) is 5.75 Å². The van der Waals surface area contributed by atoms with E-state index in [1.807, 2.05) is 24.3 Å². The second kappa shape index (κ2) is 7.14. The van der Waals surface area contributed by atoms with Crippen molar-refractivity contribution in [1.82, 2.24) is 5.32 Å². The Morgan fingerprint density at radius 2 is 1.90 bits per heavy atom. The Morgan fingerprint density at radius 3 is 2.35 bits per heavy atom. The van der Waals surface area contributed by atoms with Crippen molar-refractivity contribution < 1.29 is 19.4 Å². The first-order valence-corrected chi connectivity index (χ1v) is 6.57. The van der Waals surface area contributed by atoms with Crippen molar-refractivity contribution >= 4 is 6.09 Å². The predicted molar refractivity (Wildman–Crippen MR) is 77.1 cm³/mol. The lowest BCUT2D eigenvalue weighted by molar-refractivity contribution is 0.0521. The van der Waals surface area contributed by atoms with Gasteiger partial charge in [0.2, 0.25) is 0 Å². The zero-order valence-electron chi connectivity index (χ0n) is 12.5. The van der Waals surface area contributed by atoms with Crippen LogP contribution in [0.15, 0.2) is 24.3 Å². The predicted octanol–water partition coefficient (Wildman–Crippen LogP) is 2.30. The average Bonchev–Trinajstić information content (AvgIpc) is 2.38. The minimum Gasteiger partial charge on any atom is -0.497 e. The summed E-state index contributed by atoms with van der Waals surface area (Å²) in [4.78, 5) is 11.6. The molecular weight excluding hydrogens is 258 g/mol. The van der Waals surface area contributed by atoms with Gasteiger partial charge in [-0.05, 0) is 38.5 Å². The van der Waals surface area contributed by atoms with Crippen LogP contribution in [0.4, 0.5) is 4.79 Å². The third-order valence-corrected chi connectivity index (χ3v) is 2.70. The molecule has 0 aliphatic carbocycles. The van der Waals surface area contributed by atoms with Crippen LogP contribution in [0, 0.1) is 0 Å². The fourth-order valence-electron chi connectivity index (χ4n) is 1.68. The number of hydrogen-bond acceptors (Lipinski definition) is 4. The number of alkyl carbamates (subject to hydrolysis) is 1. The topological polar surface area (TPSA) is 67.8 Å². The van der Waals surface area contributed by atoms with Crippen LogP contribution in [0.25, 0.3) is 0 Å². The standard InChI is InChI=1S/C15H23NO4/c1-15(2,3)20-14(18)16-9-12(10-17)11-5-7-13(19-4)8-6-11/h5-8,12,17H,9-10H2,1-4H3,(H,16,18)/t12-/m0/s1. The van der Waals surface area contributed by atoms with Gasteiger partial charge in [-0.3, -0.25) is 0 Å². The van der Waals surface area contributed by atoms with Crippen LogP contribution >= 0.6 is 0 Å². The van der Waals surface area contributed by atoms with Crippen molar-refractivity contribution in [1.29, 1.82) is 0 Å². The molecule has 0 fully saturated rings. The third kappa shape index (κ3) is 5.48. The smallest absolute Gasteiger partial charge is 0.407 e. The normalized spacial score (nSPS) is 12.7. The molecule has 0 radical (unpaired) electrons. The van der Waals surface area contributed by atoms with Crippen LogP contribution in [-0.2, 0) is 4.74 Å². The zero-order chi connectivity index (χ0) is 15.2. The molecule has 0 aromatic heterocycles. The lowest BCUT2D eigenvalue weighted by Gasteiger charge is -2.21. The first kappa shape index (κ1) is 16.3. The summed E-state index contributed by atoms with van der Waals surface area (Å²) in [5.41, 5.74) is 0.406. The number of carbonyl (C=O) groups is 1. The first-order valence-electron chi connectivity index (χ1n) is 6.57. The fraction of sp³-hybridized carbons (Fsp3) is 0.533. The van der Waals surface area contributed by atoms with Gasteiger partial charge in [0.25, 0.3) is 0 Å². The summed E-state index contributed by atoms with van der Waals surface area (Å²) in [7, 11) is 1.60. The Kier molecular flexibility index (Phi) is 5.82. The van der Waals surface area contributed by atoms with E-state index in [1.165, 1.54) is 0 Å². The van der Waals surface area contributed by atoms with Crippen LogP contribution < -0.4 is 10.1 Å². The van der Waals surface area contributed by atoms with Gasteiger partial charge >= 0.3 is 6.09 Å². The minimum atomic E-state index is -0.529. The molecular formula is C15H23NO4. The van der Waals surface area contributed by atoms with Crippen LogP contribution in [-0.4, -0.2) is 37.1 Å². The maximum Gasteiger partial charge on any atom is 0.407 e. The molecule has 5 heteroatoms. The van der Waals surface area contributed by atoms with Crippen LogP contribution in [0.2, 0.25) is 0 Å². The van der Waals surface area contributed by atoms with E-state index in [1.54, 1.807) is 27.9 Å². The number of aliphatic hydroxyl groups is 1. The fourth-order valence-corrected chi connectivity index (χ4v) is 1.68. The maximum atomic E-state index is 11.6. The van der Waals surface area contributed by atoms with Gasteiger partial charge in [-0.25, -0.2) is 4.79 Å². The molecule has 0 saturated carbocycles. The number of hydrogen-bond donors (Lipinski definition) is 2. The van der Waals surface area contributed by atoms with E-state index in [4.69, 9.17) is 9.47 Å². The molecule has 0 aliphatic rings. The van der Waals surface area contributed by atoms with Gasteiger partial charge in [-0.2, -0.15) is 0 Å². The number of methoxy groups -OCH3 is 1. The minimum absolute atomic E-state index is 0.0534. The summed E-state index contributed by atoms with van der Waals surface area (Å²) >= 11 is 0. The van der Waals surface area contributed by atoms with E-state index in [9.17, 15) is 9.90 Å². The van der Waals surface area contributed by atoms with E-state index in [0.717, 1.165) is 11.3 Å². The number of ether oxygens (including phenoxy) is 2. The Labute approximate surface area is 119 Å². The quantitative estimate of drug-likeness (QED) is 0.869. The van der Waals surface area contributed by atoms with Gasteiger partial charge in [-0.15, -0.1) is 0 Å². The summed E-state index contributed by atoms with van der Waals surface area (Å²) in [6.07, 6.45) is -0.482. The summed E-state index contributed by atoms with van der Waals surface area (Å²) < 4.78 is 10.2. The molecule has 1 amide bonds. The highest BCUT2D eigenvalue weighted by molar-refractivity contribution is 5.67. The van der Waals surface area contributed by atoms with Gasteiger partial charge in [0.1, 0.15) is 11.4 Å². The first-order chi connectivity index (χ1) is 9.35. The Morgan fingerprint density at radius 1 is 1.30 bits per heavy atom. The van der Waals surface area contributed by atoms with E-state index in [-0.39, 0.29) is 12.5 Å². The van der Waals surface area contributed by atoms with Gasteiger partial charge in [0, 0.05) is 12.5 Å². The van der Waals surface area contributed by atoms with Crippen molar-refractivity contribution in [2.75, 3.05) is 20.3 Å². The largest absolute Gasteiger partial charge is 0.497 e. The molecule has 20 heavy (non-hydrogen) atoms. The molecule has 0 bridgehead atoms. The SMILES string of the molecule is COc1ccc([C@H](CO)CNC(=O)OC(C)(C)C)cc1. The number of benzene rings is 1. The van der Waals surface area contributed by atoms with E-state index >= 15 is 0 Å². The van der Waals surface area contributed by atoms with Crippen LogP contribution in [0.5, 0.6) is 5.75 Å². The third-order valence-electron chi connectivity index (χ3n) is 2.70. The number of carbonyl (C=O) groups excluding carboxylic acids is 1. The highest BCUT2D eigenvalue weighted by Gasteiger charge is 2.18. The van der Waals surface area contributed by atoms with Crippen molar-refractivity contribution in [2.45, 2.75) is 32.3 Å². The van der Waals surface area contributed by atoms with E-state index in [0.29, 0.717) is 6.54 Å². The lowest BCUT2D eigenvalue weighted by atomic mass is 10.00. The molecule has 112 valence electrons. The van der Waals surface area contributed by atoms with Gasteiger partial charge in [0.15, 0.2) is 0 Å². The molecule has 1 aromatic carbocycles. The second-order valence-corrected chi connectivity index (χ2v) is 5.54. The van der Waals surface area contributed by atoms with Crippen LogP contribution in [0.1, 0.15) is 32.3 Å². The molecule has 0 unspecified atom stereocenters. The average molecular weight is 281 g/mol. The maximum absolute atomic E-state index is 11.6. The Bertz CT molecular complexity index is 422. The van der Waals surface area contributed by atoms with Crippen molar-refractivity contribution in [2.24, 2.45) is 0 Å². The Balaban J connectivity index is 2.56. The molecule has 0 spiro atoms. The molecule has 2 N–H and O–H groups in total. The van der Waals surface area contributed by atoms with E-state index < -0.39 is 11.7 Å². The molecule has 1 rings (SSSR count). The van der Waals surface area contributed by atoms with Gasteiger partial charge < -0.3 is 19.9 Å². The Hall–Kier alpha value is -1.75. The highest BCUT2D eigenvalue weighted by atomic mass is 16.6. The molecule has 5 nitrogen and oxygen atoms in total. The summed E-state index contributed by atoms with van der Waals surface area (Å²) in [5, 5.41) is 12.1. The second-order valence-electron chi connectivity index (χ2n) is 5.54. The van der Waals surface area contributed by atoms with E-state index in [2.05, 4.69) is 5.32 Å². The number of nitrogens with one attached hydrogen (secondary N) is 1. The number of rotatable bonds is 5. The monoisotopic (exact) mass is 281 g/mol. The number of amides is 1. The number of aliphatic hydroxyl groups excluding tert-OH is 1. The van der Waals surface area contributed by atoms with Crippen molar-refractivity contribution in [3.63, 3.8) is 0 Å². The summed E-state index contributed by atoms with van der Waals surface area (Å²) in [5.74, 6) is 0.582. The lowest BCUT2D eigenvalue weighted by Crippen LogP contribution is -2.35. The zero-order valence-corrected chi connectivity index (χ0v) is 12.5. The van der Waals surface area contributed by atoms with Crippen molar-refractivity contribution in [3.05, 3.63) is 29.8 Å². The molecule has 1 atom stereocenters.